The van der Waals surface area contributed by atoms with E-state index in [0.29, 0.717) is 5.02 Å². The number of hydrogen-bond acceptors (Lipinski definition) is 4. The van der Waals surface area contributed by atoms with Gasteiger partial charge in [0.25, 0.3) is 0 Å². The van der Waals surface area contributed by atoms with Gasteiger partial charge in [-0.1, -0.05) is 29.4 Å². The summed E-state index contributed by atoms with van der Waals surface area (Å²) in [6.07, 6.45) is 1.72. The molecule has 3 nitrogen and oxygen atoms in total. The average Bonchev–Trinajstić information content (AvgIpc) is 2.40. The lowest BCUT2D eigenvalue weighted by Crippen LogP contribution is -2.08. The number of ether oxygens (including phenoxy) is 1. The summed E-state index contributed by atoms with van der Waals surface area (Å²) in [5.41, 5.74) is 7.01. The predicted octanol–water partition coefficient (Wildman–Crippen LogP) is 3.91. The molecule has 19 heavy (non-hydrogen) atoms. The summed E-state index contributed by atoms with van der Waals surface area (Å²) < 4.78 is 5.37. The molecule has 0 aliphatic rings. The smallest absolute Gasteiger partial charge is 0.124 e. The van der Waals surface area contributed by atoms with Crippen LogP contribution >= 0.6 is 23.4 Å². The molecule has 1 heterocycles. The third kappa shape index (κ3) is 3.21. The van der Waals surface area contributed by atoms with Gasteiger partial charge < -0.3 is 10.5 Å². The second kappa shape index (κ2) is 6.28. The molecule has 0 radical (unpaired) electrons. The Balaban J connectivity index is 2.43. The molecule has 2 rings (SSSR count). The molecule has 0 saturated heterocycles. The van der Waals surface area contributed by atoms with E-state index in [9.17, 15) is 0 Å². The molecule has 0 amide bonds. The third-order valence-electron chi connectivity index (χ3n) is 2.63. The first kappa shape index (κ1) is 14.2. The Kier molecular flexibility index (Phi) is 4.69. The van der Waals surface area contributed by atoms with Crippen molar-refractivity contribution in [2.45, 2.75) is 22.9 Å². The van der Waals surface area contributed by atoms with Crippen LogP contribution in [0.5, 0.6) is 5.75 Å². The fraction of sp³-hybridized carbons (Fsp3) is 0.214. The minimum Gasteiger partial charge on any atom is -0.496 e. The molecule has 1 atom stereocenters. The molecule has 0 saturated carbocycles. The molecule has 1 aromatic carbocycles. The number of halogens is 1. The molecule has 0 bridgehead atoms. The topological polar surface area (TPSA) is 48.1 Å². The van der Waals surface area contributed by atoms with Crippen LogP contribution in [0.1, 0.15) is 18.5 Å². The fourth-order valence-electron chi connectivity index (χ4n) is 1.79. The zero-order valence-electron chi connectivity index (χ0n) is 10.8. The van der Waals surface area contributed by atoms with E-state index in [-0.39, 0.29) is 6.04 Å². The van der Waals surface area contributed by atoms with Crippen molar-refractivity contribution < 1.29 is 4.74 Å². The first-order valence-electron chi connectivity index (χ1n) is 5.84. The second-order valence-corrected chi connectivity index (χ2v) is 5.49. The fourth-order valence-corrected chi connectivity index (χ4v) is 3.06. The summed E-state index contributed by atoms with van der Waals surface area (Å²) in [7, 11) is 1.64. The number of methoxy groups -OCH3 is 1. The lowest BCUT2D eigenvalue weighted by Gasteiger charge is -2.16. The maximum absolute atomic E-state index is 6.13. The summed E-state index contributed by atoms with van der Waals surface area (Å²) in [6, 6.07) is 9.34. The van der Waals surface area contributed by atoms with E-state index in [0.717, 1.165) is 21.2 Å². The van der Waals surface area contributed by atoms with Gasteiger partial charge in [-0.3, -0.25) is 0 Å². The van der Waals surface area contributed by atoms with E-state index < -0.39 is 0 Å². The Morgan fingerprint density at radius 3 is 2.74 bits per heavy atom. The summed E-state index contributed by atoms with van der Waals surface area (Å²) in [5, 5.41) is 1.39. The zero-order chi connectivity index (χ0) is 13.8. The van der Waals surface area contributed by atoms with E-state index in [2.05, 4.69) is 4.98 Å². The van der Waals surface area contributed by atoms with Gasteiger partial charge in [-0.2, -0.15) is 0 Å². The molecule has 2 aromatic rings. The first-order valence-corrected chi connectivity index (χ1v) is 7.03. The summed E-state index contributed by atoms with van der Waals surface area (Å²) in [4.78, 5) is 5.29. The Labute approximate surface area is 122 Å². The molecule has 1 aromatic heterocycles. The highest BCUT2D eigenvalue weighted by molar-refractivity contribution is 7.99. The molecule has 1 unspecified atom stereocenters. The number of pyridine rings is 1. The Bertz CT molecular complexity index is 575. The Hall–Kier alpha value is -1.23. The summed E-state index contributed by atoms with van der Waals surface area (Å²) >= 11 is 7.63. The van der Waals surface area contributed by atoms with E-state index >= 15 is 0 Å². The molecule has 0 spiro atoms. The maximum atomic E-state index is 6.13. The minimum absolute atomic E-state index is 0.124. The molecule has 0 aliphatic carbocycles. The number of nitrogens with zero attached hydrogens (tertiary/aromatic N) is 1. The first-order chi connectivity index (χ1) is 9.13. The largest absolute Gasteiger partial charge is 0.496 e. The maximum Gasteiger partial charge on any atom is 0.124 e. The number of rotatable bonds is 4. The van der Waals surface area contributed by atoms with Gasteiger partial charge in [0.05, 0.1) is 12.1 Å². The SMILES string of the molecule is COc1cccc(Sc2ncccc2Cl)c1C(C)N. The van der Waals surface area contributed by atoms with Crippen molar-refractivity contribution in [1.82, 2.24) is 4.98 Å². The highest BCUT2D eigenvalue weighted by Gasteiger charge is 2.15. The van der Waals surface area contributed by atoms with Gasteiger partial charge in [-0.25, -0.2) is 4.98 Å². The van der Waals surface area contributed by atoms with Gasteiger partial charge in [0.2, 0.25) is 0 Å². The van der Waals surface area contributed by atoms with Gasteiger partial charge in [-0.05, 0) is 31.2 Å². The summed E-state index contributed by atoms with van der Waals surface area (Å²) in [5.74, 6) is 0.784. The number of benzene rings is 1. The van der Waals surface area contributed by atoms with Crippen LogP contribution < -0.4 is 10.5 Å². The quantitative estimate of drug-likeness (QED) is 0.928. The Morgan fingerprint density at radius 2 is 2.11 bits per heavy atom. The number of aromatic nitrogens is 1. The van der Waals surface area contributed by atoms with Gasteiger partial charge in [0.15, 0.2) is 0 Å². The van der Waals surface area contributed by atoms with Crippen LogP contribution in [0, 0.1) is 0 Å². The van der Waals surface area contributed by atoms with Crippen LogP contribution in [0.3, 0.4) is 0 Å². The minimum atomic E-state index is -0.124. The lowest BCUT2D eigenvalue weighted by atomic mass is 10.1. The normalized spacial score (nSPS) is 12.2. The van der Waals surface area contributed by atoms with Crippen LogP contribution in [0.25, 0.3) is 0 Å². The lowest BCUT2D eigenvalue weighted by molar-refractivity contribution is 0.405. The third-order valence-corrected chi connectivity index (χ3v) is 4.14. The standard InChI is InChI=1S/C14H15ClN2OS/c1-9(16)13-11(18-2)6-3-7-12(13)19-14-10(15)5-4-8-17-14/h3-9H,16H2,1-2H3. The molecule has 5 heteroatoms. The Morgan fingerprint density at radius 1 is 1.32 bits per heavy atom. The van der Waals surface area contributed by atoms with Crippen LogP contribution in [-0.4, -0.2) is 12.1 Å². The van der Waals surface area contributed by atoms with Gasteiger partial charge >= 0.3 is 0 Å². The van der Waals surface area contributed by atoms with Crippen LogP contribution in [0.2, 0.25) is 5.02 Å². The molecule has 0 aliphatic heterocycles. The predicted molar refractivity (Wildman–Crippen MR) is 79.0 cm³/mol. The average molecular weight is 295 g/mol. The van der Waals surface area contributed by atoms with Gasteiger partial charge in [0.1, 0.15) is 10.8 Å². The van der Waals surface area contributed by atoms with Crippen molar-refractivity contribution in [3.8, 4) is 5.75 Å². The second-order valence-electron chi connectivity index (χ2n) is 4.05. The van der Waals surface area contributed by atoms with Crippen molar-refractivity contribution in [2.75, 3.05) is 7.11 Å². The molecular weight excluding hydrogens is 280 g/mol. The van der Waals surface area contributed by atoms with Crippen LogP contribution in [0.15, 0.2) is 46.5 Å². The highest BCUT2D eigenvalue weighted by Crippen LogP contribution is 2.38. The van der Waals surface area contributed by atoms with E-state index in [1.165, 1.54) is 11.8 Å². The molecule has 2 N–H and O–H groups in total. The monoisotopic (exact) mass is 294 g/mol. The molecule has 100 valence electrons. The van der Waals surface area contributed by atoms with Crippen molar-refractivity contribution in [3.63, 3.8) is 0 Å². The van der Waals surface area contributed by atoms with Crippen molar-refractivity contribution >= 4 is 23.4 Å². The van der Waals surface area contributed by atoms with Gasteiger partial charge in [-0.15, -0.1) is 0 Å². The summed E-state index contributed by atoms with van der Waals surface area (Å²) in [6.45, 7) is 1.93. The number of hydrogen-bond donors (Lipinski definition) is 1. The number of nitrogens with two attached hydrogens (primary N) is 1. The van der Waals surface area contributed by atoms with Crippen molar-refractivity contribution in [1.29, 1.82) is 0 Å². The van der Waals surface area contributed by atoms with E-state index in [1.807, 2.05) is 37.3 Å². The van der Waals surface area contributed by atoms with Crippen molar-refractivity contribution in [3.05, 3.63) is 47.1 Å². The van der Waals surface area contributed by atoms with Crippen molar-refractivity contribution in [2.24, 2.45) is 5.73 Å². The van der Waals surface area contributed by atoms with Crippen LogP contribution in [0.4, 0.5) is 0 Å². The highest BCUT2D eigenvalue weighted by atomic mass is 35.5. The molecular formula is C14H15ClN2OS. The van der Waals surface area contributed by atoms with Crippen LogP contribution in [-0.2, 0) is 0 Å². The van der Waals surface area contributed by atoms with E-state index in [4.69, 9.17) is 22.1 Å². The van der Waals surface area contributed by atoms with Gasteiger partial charge in [0, 0.05) is 22.7 Å². The molecule has 0 fully saturated rings. The zero-order valence-corrected chi connectivity index (χ0v) is 12.3. The van der Waals surface area contributed by atoms with E-state index in [1.54, 1.807) is 13.3 Å².